The summed E-state index contributed by atoms with van der Waals surface area (Å²) in [4.78, 5) is 66.4. The number of nitrogens with zero attached hydrogens (tertiary/aromatic N) is 1. The zero-order valence-electron chi connectivity index (χ0n) is 23.8. The molecule has 6 N–H and O–H groups in total. The third-order valence-corrected chi connectivity index (χ3v) is 8.34. The minimum absolute atomic E-state index is 0.0954. The van der Waals surface area contributed by atoms with Crippen molar-refractivity contribution in [3.05, 3.63) is 99.5 Å². The number of benzene rings is 3. The quantitative estimate of drug-likeness (QED) is 0.167. The molecule has 230 valence electrons. The van der Waals surface area contributed by atoms with E-state index in [-0.39, 0.29) is 43.0 Å². The van der Waals surface area contributed by atoms with Crippen molar-refractivity contribution < 1.29 is 24.0 Å². The first-order valence-electron chi connectivity index (χ1n) is 14.1. The van der Waals surface area contributed by atoms with E-state index >= 15 is 0 Å². The van der Waals surface area contributed by atoms with E-state index in [0.717, 1.165) is 5.56 Å². The molecule has 1 heterocycles. The van der Waals surface area contributed by atoms with E-state index < -0.39 is 41.8 Å². The van der Waals surface area contributed by atoms with Crippen LogP contribution >= 0.6 is 23.2 Å². The molecule has 12 heteroatoms. The SMILES string of the molecule is NC(=O)NCCC[C@H](C(=O)Nc1ccc(Cl)c(Cl)c1)C1c2ccccc2CC(C(N)=O)N1C(=O)CCC(=O)c1ccccc1. The number of urea groups is 1. The molecule has 0 aromatic heterocycles. The molecular weight excluding hydrogens is 605 g/mol. The van der Waals surface area contributed by atoms with Gasteiger partial charge in [0.05, 0.1) is 22.0 Å². The molecule has 0 radical (unpaired) electrons. The first-order valence-corrected chi connectivity index (χ1v) is 14.9. The number of Topliss-reactive ketones (excluding diaryl/α,β-unsaturated/α-hetero) is 1. The Bertz CT molecular complexity index is 1550. The first-order chi connectivity index (χ1) is 21.1. The monoisotopic (exact) mass is 637 g/mol. The maximum atomic E-state index is 14.0. The van der Waals surface area contributed by atoms with Crippen LogP contribution in [0.3, 0.4) is 0 Å². The van der Waals surface area contributed by atoms with Crippen molar-refractivity contribution in [3.8, 4) is 0 Å². The highest BCUT2D eigenvalue weighted by Crippen LogP contribution is 2.41. The molecule has 0 spiro atoms. The van der Waals surface area contributed by atoms with Gasteiger partial charge in [0.25, 0.3) is 0 Å². The van der Waals surface area contributed by atoms with Gasteiger partial charge in [-0.05, 0) is 42.2 Å². The second kappa shape index (κ2) is 14.9. The van der Waals surface area contributed by atoms with Gasteiger partial charge in [0.2, 0.25) is 17.7 Å². The lowest BCUT2D eigenvalue weighted by atomic mass is 9.79. The zero-order valence-corrected chi connectivity index (χ0v) is 25.3. The maximum absolute atomic E-state index is 14.0. The summed E-state index contributed by atoms with van der Waals surface area (Å²) in [6.07, 6.45) is 0.397. The molecule has 0 saturated carbocycles. The van der Waals surface area contributed by atoms with Crippen LogP contribution in [0.5, 0.6) is 0 Å². The Balaban J connectivity index is 1.72. The summed E-state index contributed by atoms with van der Waals surface area (Å²) >= 11 is 12.2. The Morgan fingerprint density at radius 1 is 0.886 bits per heavy atom. The highest BCUT2D eigenvalue weighted by Gasteiger charge is 2.45. The number of hydrogen-bond acceptors (Lipinski definition) is 5. The molecule has 1 aliphatic rings. The van der Waals surface area contributed by atoms with Crippen LogP contribution in [0.15, 0.2) is 72.8 Å². The van der Waals surface area contributed by atoms with Gasteiger partial charge in [0, 0.05) is 37.1 Å². The number of nitrogens with two attached hydrogens (primary N) is 2. The topological polar surface area (TPSA) is 165 Å². The smallest absolute Gasteiger partial charge is 0.312 e. The summed E-state index contributed by atoms with van der Waals surface area (Å²) < 4.78 is 0. The van der Waals surface area contributed by atoms with E-state index in [4.69, 9.17) is 34.7 Å². The van der Waals surface area contributed by atoms with Gasteiger partial charge in [-0.25, -0.2) is 4.79 Å². The molecule has 0 aliphatic carbocycles. The number of carbonyl (C=O) groups excluding carboxylic acids is 5. The van der Waals surface area contributed by atoms with Crippen LogP contribution in [0.2, 0.25) is 10.0 Å². The van der Waals surface area contributed by atoms with Gasteiger partial charge in [-0.3, -0.25) is 19.2 Å². The molecule has 2 unspecified atom stereocenters. The number of anilines is 1. The Labute approximate surface area is 265 Å². The molecular formula is C32H33Cl2N5O5. The average Bonchev–Trinajstić information content (AvgIpc) is 3.01. The number of ketones is 1. The lowest BCUT2D eigenvalue weighted by molar-refractivity contribution is -0.146. The summed E-state index contributed by atoms with van der Waals surface area (Å²) in [5.41, 5.74) is 13.4. The Kier molecular flexibility index (Phi) is 11.0. The summed E-state index contributed by atoms with van der Waals surface area (Å²) in [6, 6.07) is 17.8. The summed E-state index contributed by atoms with van der Waals surface area (Å²) in [5, 5.41) is 5.93. The molecule has 4 rings (SSSR count). The third kappa shape index (κ3) is 7.94. The van der Waals surface area contributed by atoms with Gasteiger partial charge >= 0.3 is 6.03 Å². The van der Waals surface area contributed by atoms with Crippen molar-refractivity contribution in [3.63, 3.8) is 0 Å². The summed E-state index contributed by atoms with van der Waals surface area (Å²) in [5.74, 6) is -2.80. The van der Waals surface area contributed by atoms with Crippen molar-refractivity contribution in [2.75, 3.05) is 11.9 Å². The highest BCUT2D eigenvalue weighted by atomic mass is 35.5. The molecule has 3 aromatic rings. The second-order valence-electron chi connectivity index (χ2n) is 10.5. The van der Waals surface area contributed by atoms with Gasteiger partial charge in [0.1, 0.15) is 6.04 Å². The average molecular weight is 639 g/mol. The molecule has 3 aromatic carbocycles. The van der Waals surface area contributed by atoms with Gasteiger partial charge in [-0.2, -0.15) is 0 Å². The molecule has 0 saturated heterocycles. The summed E-state index contributed by atoms with van der Waals surface area (Å²) in [6.45, 7) is 0.180. The van der Waals surface area contributed by atoms with E-state index in [2.05, 4.69) is 10.6 Å². The number of hydrogen-bond donors (Lipinski definition) is 4. The Morgan fingerprint density at radius 3 is 2.27 bits per heavy atom. The van der Waals surface area contributed by atoms with Crippen LogP contribution in [0.1, 0.15) is 53.2 Å². The number of fused-ring (bicyclic) bond motifs is 1. The fourth-order valence-electron chi connectivity index (χ4n) is 5.53. The number of carbonyl (C=O) groups is 5. The van der Waals surface area contributed by atoms with Gasteiger partial charge in [-0.1, -0.05) is 77.8 Å². The highest BCUT2D eigenvalue weighted by molar-refractivity contribution is 6.42. The predicted octanol–water partition coefficient (Wildman–Crippen LogP) is 4.64. The number of nitrogens with one attached hydrogen (secondary N) is 2. The van der Waals surface area contributed by atoms with E-state index in [9.17, 15) is 24.0 Å². The van der Waals surface area contributed by atoms with E-state index in [1.807, 2.05) is 18.2 Å². The molecule has 10 nitrogen and oxygen atoms in total. The van der Waals surface area contributed by atoms with Crippen molar-refractivity contribution in [2.24, 2.45) is 17.4 Å². The van der Waals surface area contributed by atoms with Gasteiger partial charge < -0.3 is 27.0 Å². The minimum Gasteiger partial charge on any atom is -0.368 e. The van der Waals surface area contributed by atoms with Gasteiger partial charge in [0.15, 0.2) is 5.78 Å². The predicted molar refractivity (Wildman–Crippen MR) is 168 cm³/mol. The molecule has 5 amide bonds. The fraction of sp³-hybridized carbons (Fsp3) is 0.281. The van der Waals surface area contributed by atoms with E-state index in [1.54, 1.807) is 48.5 Å². The standard InChI is InChI=1S/C32H33Cl2N5O5/c33-24-13-12-21(18-25(24)34)38-31(43)23(11-6-16-37-32(36)44)29-22-10-5-4-9-20(22)17-26(30(35)42)39(29)28(41)15-14-27(40)19-7-2-1-3-8-19/h1-5,7-10,12-13,18,23,26,29H,6,11,14-17H2,(H2,35,42)(H,38,43)(H3,36,37,44)/t23-,26?,29?/m0/s1. The van der Waals surface area contributed by atoms with E-state index in [1.165, 1.54) is 11.0 Å². The number of primary amides is 2. The van der Waals surface area contributed by atoms with Crippen molar-refractivity contribution in [2.45, 2.75) is 44.2 Å². The van der Waals surface area contributed by atoms with Crippen molar-refractivity contribution in [1.82, 2.24) is 10.2 Å². The third-order valence-electron chi connectivity index (χ3n) is 7.60. The largest absolute Gasteiger partial charge is 0.368 e. The number of halogens is 2. The fourth-order valence-corrected chi connectivity index (χ4v) is 5.83. The first kappa shape index (κ1) is 32.5. The Morgan fingerprint density at radius 2 is 1.59 bits per heavy atom. The van der Waals surface area contributed by atoms with Crippen LogP contribution in [0.4, 0.5) is 10.5 Å². The summed E-state index contributed by atoms with van der Waals surface area (Å²) in [7, 11) is 0. The normalized spacial score (nSPS) is 16.4. The van der Waals surface area contributed by atoms with Crippen LogP contribution in [-0.4, -0.2) is 47.0 Å². The van der Waals surface area contributed by atoms with Crippen LogP contribution in [0.25, 0.3) is 0 Å². The number of amides is 5. The minimum atomic E-state index is -1.06. The van der Waals surface area contributed by atoms with Crippen LogP contribution < -0.4 is 22.1 Å². The van der Waals surface area contributed by atoms with Crippen molar-refractivity contribution >= 4 is 58.4 Å². The lowest BCUT2D eigenvalue weighted by Gasteiger charge is -2.45. The van der Waals surface area contributed by atoms with Gasteiger partial charge in [-0.15, -0.1) is 0 Å². The van der Waals surface area contributed by atoms with E-state index in [0.29, 0.717) is 28.3 Å². The molecule has 44 heavy (non-hydrogen) atoms. The van der Waals surface area contributed by atoms with Crippen LogP contribution in [-0.2, 0) is 20.8 Å². The molecule has 0 fully saturated rings. The molecule has 0 bridgehead atoms. The number of rotatable bonds is 12. The molecule has 1 aliphatic heterocycles. The molecule has 3 atom stereocenters. The second-order valence-corrected chi connectivity index (χ2v) is 11.3. The van der Waals surface area contributed by atoms with Crippen molar-refractivity contribution in [1.29, 1.82) is 0 Å². The zero-order chi connectivity index (χ0) is 31.8. The Hall–Kier alpha value is -4.41. The maximum Gasteiger partial charge on any atom is 0.312 e. The lowest BCUT2D eigenvalue weighted by Crippen LogP contribution is -2.56. The van der Waals surface area contributed by atoms with Crippen LogP contribution in [0, 0.1) is 5.92 Å².